The maximum atomic E-state index is 3.59. The number of rotatable bonds is 6. The van der Waals surface area contributed by atoms with Gasteiger partial charge >= 0.3 is 0 Å². The van der Waals surface area contributed by atoms with Gasteiger partial charge in [0.25, 0.3) is 0 Å². The molecule has 1 fully saturated rings. The van der Waals surface area contributed by atoms with Crippen molar-refractivity contribution in [3.8, 4) is 0 Å². The van der Waals surface area contributed by atoms with Gasteiger partial charge in [-0.3, -0.25) is 0 Å². The van der Waals surface area contributed by atoms with Crippen LogP contribution in [-0.4, -0.2) is 0 Å². The Morgan fingerprint density at radius 2 is 1.84 bits per heavy atom. The molecule has 0 amide bonds. The number of nitrogens with one attached hydrogen (secondary N) is 1. The molecule has 19 heavy (non-hydrogen) atoms. The van der Waals surface area contributed by atoms with Crippen molar-refractivity contribution in [1.29, 1.82) is 0 Å². The monoisotopic (exact) mass is 271 g/mol. The molecule has 1 N–H and O–H groups in total. The minimum atomic E-state index is 0.839. The first-order valence-corrected chi connectivity index (χ1v) is 8.04. The van der Waals surface area contributed by atoms with Crippen molar-refractivity contribution in [2.24, 2.45) is 0 Å². The van der Waals surface area contributed by atoms with E-state index in [0.29, 0.717) is 0 Å². The van der Waals surface area contributed by atoms with Gasteiger partial charge in [0.2, 0.25) is 0 Å². The molecule has 1 nitrogen and oxygen atoms in total. The third-order valence-corrected chi connectivity index (χ3v) is 4.98. The molecule has 1 aromatic carbocycles. The molecule has 2 heteroatoms. The molecule has 0 unspecified atom stereocenters. The Bertz CT molecular complexity index is 540. The summed E-state index contributed by atoms with van der Waals surface area (Å²) in [6.45, 7) is 4.20. The standard InChI is InChI=1S/C17H21NS/c1-2-15-9-10-16(19-15)12-18-11-14-5-3-4-6-17(14)13-7-8-13/h3-6,9-10,13,18H,2,7-8,11-12H2,1H3. The summed E-state index contributed by atoms with van der Waals surface area (Å²) >= 11 is 1.93. The van der Waals surface area contributed by atoms with Crippen LogP contribution in [0.5, 0.6) is 0 Å². The topological polar surface area (TPSA) is 12.0 Å². The quantitative estimate of drug-likeness (QED) is 0.817. The predicted molar refractivity (Wildman–Crippen MR) is 82.7 cm³/mol. The van der Waals surface area contributed by atoms with Crippen LogP contribution in [0.15, 0.2) is 36.4 Å². The molecule has 1 aromatic heterocycles. The van der Waals surface area contributed by atoms with Gasteiger partial charge in [0, 0.05) is 22.8 Å². The van der Waals surface area contributed by atoms with Crippen molar-refractivity contribution < 1.29 is 0 Å². The van der Waals surface area contributed by atoms with E-state index in [4.69, 9.17) is 0 Å². The number of benzene rings is 1. The fourth-order valence-electron chi connectivity index (χ4n) is 2.52. The highest BCUT2D eigenvalue weighted by Gasteiger charge is 2.25. The molecule has 0 saturated heterocycles. The molecule has 2 aromatic rings. The highest BCUT2D eigenvalue weighted by molar-refractivity contribution is 7.11. The summed E-state index contributed by atoms with van der Waals surface area (Å²) in [4.78, 5) is 2.93. The lowest BCUT2D eigenvalue weighted by molar-refractivity contribution is 0.695. The second kappa shape index (κ2) is 5.89. The third kappa shape index (κ3) is 3.26. The molecule has 0 bridgehead atoms. The van der Waals surface area contributed by atoms with Crippen molar-refractivity contribution in [2.45, 2.75) is 45.2 Å². The summed E-state index contributed by atoms with van der Waals surface area (Å²) < 4.78 is 0. The van der Waals surface area contributed by atoms with Crippen LogP contribution in [0.3, 0.4) is 0 Å². The maximum absolute atomic E-state index is 3.59. The number of hydrogen-bond donors (Lipinski definition) is 1. The summed E-state index contributed by atoms with van der Waals surface area (Å²) in [5.41, 5.74) is 3.05. The minimum absolute atomic E-state index is 0.839. The number of hydrogen-bond acceptors (Lipinski definition) is 2. The zero-order chi connectivity index (χ0) is 13.1. The Balaban J connectivity index is 1.57. The van der Waals surface area contributed by atoms with E-state index in [2.05, 4.69) is 48.6 Å². The molecular formula is C17H21NS. The summed E-state index contributed by atoms with van der Waals surface area (Å²) in [5, 5.41) is 3.59. The SMILES string of the molecule is CCc1ccc(CNCc2ccccc2C2CC2)s1. The van der Waals surface area contributed by atoms with Crippen molar-refractivity contribution >= 4 is 11.3 Å². The Morgan fingerprint density at radius 3 is 2.58 bits per heavy atom. The van der Waals surface area contributed by atoms with Gasteiger partial charge in [-0.15, -0.1) is 11.3 Å². The van der Waals surface area contributed by atoms with E-state index in [0.717, 1.165) is 25.4 Å². The van der Waals surface area contributed by atoms with E-state index < -0.39 is 0 Å². The van der Waals surface area contributed by atoms with Crippen LogP contribution in [0, 0.1) is 0 Å². The first-order chi connectivity index (χ1) is 9.36. The van der Waals surface area contributed by atoms with Gasteiger partial charge in [-0.2, -0.15) is 0 Å². The molecule has 0 atom stereocenters. The smallest absolute Gasteiger partial charge is 0.0303 e. The maximum Gasteiger partial charge on any atom is 0.0303 e. The molecule has 1 saturated carbocycles. The van der Waals surface area contributed by atoms with E-state index in [1.165, 1.54) is 28.2 Å². The first-order valence-electron chi connectivity index (χ1n) is 7.23. The van der Waals surface area contributed by atoms with Crippen LogP contribution in [0.4, 0.5) is 0 Å². The van der Waals surface area contributed by atoms with Gasteiger partial charge in [0.05, 0.1) is 0 Å². The van der Waals surface area contributed by atoms with E-state index in [9.17, 15) is 0 Å². The first kappa shape index (κ1) is 12.9. The normalized spacial score (nSPS) is 14.8. The number of aryl methyl sites for hydroxylation is 1. The molecular weight excluding hydrogens is 250 g/mol. The van der Waals surface area contributed by atoms with Gasteiger partial charge < -0.3 is 5.32 Å². The molecule has 0 aliphatic heterocycles. The second-order valence-corrected chi connectivity index (χ2v) is 6.55. The lowest BCUT2D eigenvalue weighted by Crippen LogP contribution is -2.13. The fourth-order valence-corrected chi connectivity index (χ4v) is 3.44. The van der Waals surface area contributed by atoms with Gasteiger partial charge in [0.1, 0.15) is 0 Å². The lowest BCUT2D eigenvalue weighted by atomic mass is 10.0. The van der Waals surface area contributed by atoms with Gasteiger partial charge in [-0.05, 0) is 48.4 Å². The molecule has 100 valence electrons. The zero-order valence-corrected chi connectivity index (χ0v) is 12.3. The summed E-state index contributed by atoms with van der Waals surface area (Å²) in [7, 11) is 0. The number of thiophene rings is 1. The Kier molecular flexibility index (Phi) is 4.00. The molecule has 1 aliphatic carbocycles. The average molecular weight is 271 g/mol. The molecule has 3 rings (SSSR count). The Labute approximate surface area is 119 Å². The van der Waals surface area contributed by atoms with Crippen molar-refractivity contribution in [2.75, 3.05) is 0 Å². The Morgan fingerprint density at radius 1 is 1.05 bits per heavy atom. The molecule has 1 aliphatic rings. The second-order valence-electron chi connectivity index (χ2n) is 5.30. The highest BCUT2D eigenvalue weighted by atomic mass is 32.1. The average Bonchev–Trinajstić information content (AvgIpc) is 3.19. The van der Waals surface area contributed by atoms with Crippen LogP contribution in [0.25, 0.3) is 0 Å². The van der Waals surface area contributed by atoms with Crippen molar-refractivity contribution in [3.05, 3.63) is 57.3 Å². The van der Waals surface area contributed by atoms with Crippen LogP contribution >= 0.6 is 11.3 Å². The van der Waals surface area contributed by atoms with E-state index in [-0.39, 0.29) is 0 Å². The van der Waals surface area contributed by atoms with Gasteiger partial charge in [-0.25, -0.2) is 0 Å². The summed E-state index contributed by atoms with van der Waals surface area (Å²) in [6, 6.07) is 13.4. The zero-order valence-electron chi connectivity index (χ0n) is 11.5. The van der Waals surface area contributed by atoms with Crippen LogP contribution in [-0.2, 0) is 19.5 Å². The fraction of sp³-hybridized carbons (Fsp3) is 0.412. The van der Waals surface area contributed by atoms with Crippen LogP contribution < -0.4 is 5.32 Å². The van der Waals surface area contributed by atoms with Crippen molar-refractivity contribution in [1.82, 2.24) is 5.32 Å². The summed E-state index contributed by atoms with van der Waals surface area (Å²) in [5.74, 6) is 0.839. The third-order valence-electron chi connectivity index (χ3n) is 3.75. The van der Waals surface area contributed by atoms with Gasteiger partial charge in [-0.1, -0.05) is 31.2 Å². The van der Waals surface area contributed by atoms with Gasteiger partial charge in [0.15, 0.2) is 0 Å². The lowest BCUT2D eigenvalue weighted by Gasteiger charge is -2.09. The molecule has 0 spiro atoms. The van der Waals surface area contributed by atoms with E-state index in [1.807, 2.05) is 11.3 Å². The summed E-state index contributed by atoms with van der Waals surface area (Å²) in [6.07, 6.45) is 3.90. The predicted octanol–water partition coefficient (Wildman–Crippen LogP) is 4.48. The van der Waals surface area contributed by atoms with E-state index >= 15 is 0 Å². The Hall–Kier alpha value is -1.12. The molecule has 0 radical (unpaired) electrons. The minimum Gasteiger partial charge on any atom is -0.308 e. The van der Waals surface area contributed by atoms with Crippen molar-refractivity contribution in [3.63, 3.8) is 0 Å². The van der Waals surface area contributed by atoms with Crippen LogP contribution in [0.1, 0.15) is 46.6 Å². The molecule has 1 heterocycles. The highest BCUT2D eigenvalue weighted by Crippen LogP contribution is 2.41. The largest absolute Gasteiger partial charge is 0.308 e. The van der Waals surface area contributed by atoms with Crippen LogP contribution in [0.2, 0.25) is 0 Å². The van der Waals surface area contributed by atoms with E-state index in [1.54, 1.807) is 5.56 Å².